The summed E-state index contributed by atoms with van der Waals surface area (Å²) < 4.78 is 43.2. The molecule has 1 aromatic heterocycles. The van der Waals surface area contributed by atoms with Crippen LogP contribution in [0.2, 0.25) is 0 Å². The van der Waals surface area contributed by atoms with Crippen molar-refractivity contribution in [1.29, 1.82) is 0 Å². The van der Waals surface area contributed by atoms with Gasteiger partial charge in [0, 0.05) is 4.73 Å². The average Bonchev–Trinajstić information content (AvgIpc) is 2.19. The number of ether oxygens (including phenoxy) is 1. The monoisotopic (exact) mass is 300 g/mol. The SMILES string of the molecule is CO[n+]1ccc(O[C@@H](C)C(F)(F)F)c(Br)c1. The Labute approximate surface area is 98.9 Å². The van der Waals surface area contributed by atoms with E-state index in [0.29, 0.717) is 4.47 Å². The highest BCUT2D eigenvalue weighted by atomic mass is 79.9. The number of rotatable bonds is 3. The first-order valence-corrected chi connectivity index (χ1v) is 5.12. The maximum Gasteiger partial charge on any atom is 0.425 e. The standard InChI is InChI=1S/C9H10BrF3NO2/c1-6(9(11,12)13)16-8-3-4-14(15-2)5-7(8)10/h3-6H,1-2H3/q+1/t6-/m0/s1. The predicted molar refractivity (Wildman–Crippen MR) is 53.0 cm³/mol. The minimum atomic E-state index is -4.38. The van der Waals surface area contributed by atoms with Gasteiger partial charge in [-0.25, -0.2) is 0 Å². The van der Waals surface area contributed by atoms with Crippen molar-refractivity contribution in [3.05, 3.63) is 22.9 Å². The molecule has 0 spiro atoms. The van der Waals surface area contributed by atoms with Crippen molar-refractivity contribution in [3.8, 4) is 5.75 Å². The lowest BCUT2D eigenvalue weighted by atomic mass is 10.4. The van der Waals surface area contributed by atoms with Crippen molar-refractivity contribution in [2.24, 2.45) is 0 Å². The fourth-order valence-electron chi connectivity index (χ4n) is 0.906. The first-order valence-electron chi connectivity index (χ1n) is 4.33. The number of hydrogen-bond acceptors (Lipinski definition) is 2. The number of aromatic nitrogens is 1. The van der Waals surface area contributed by atoms with Crippen LogP contribution in [-0.2, 0) is 0 Å². The van der Waals surface area contributed by atoms with Crippen molar-refractivity contribution in [1.82, 2.24) is 0 Å². The topological polar surface area (TPSA) is 22.3 Å². The molecular weight excluding hydrogens is 291 g/mol. The van der Waals surface area contributed by atoms with E-state index in [9.17, 15) is 13.2 Å². The van der Waals surface area contributed by atoms with E-state index in [2.05, 4.69) is 15.9 Å². The third kappa shape index (κ3) is 3.26. The fraction of sp³-hybridized carbons (Fsp3) is 0.444. The third-order valence-electron chi connectivity index (χ3n) is 1.82. The van der Waals surface area contributed by atoms with Crippen molar-refractivity contribution < 1.29 is 27.5 Å². The molecule has 0 aliphatic carbocycles. The van der Waals surface area contributed by atoms with Crippen LogP contribution in [-0.4, -0.2) is 19.4 Å². The second-order valence-corrected chi connectivity index (χ2v) is 3.86. The number of pyridine rings is 1. The van der Waals surface area contributed by atoms with Gasteiger partial charge in [-0.3, -0.25) is 4.84 Å². The Morgan fingerprint density at radius 1 is 1.44 bits per heavy atom. The van der Waals surface area contributed by atoms with Gasteiger partial charge in [-0.05, 0) is 22.9 Å². The Morgan fingerprint density at radius 2 is 2.06 bits per heavy atom. The molecule has 1 aromatic rings. The molecule has 90 valence electrons. The van der Waals surface area contributed by atoms with Crippen LogP contribution in [0.4, 0.5) is 13.2 Å². The van der Waals surface area contributed by atoms with Gasteiger partial charge < -0.3 is 4.74 Å². The predicted octanol–water partition coefficient (Wildman–Crippen LogP) is 2.12. The molecule has 0 saturated carbocycles. The van der Waals surface area contributed by atoms with Crippen LogP contribution in [0.3, 0.4) is 0 Å². The van der Waals surface area contributed by atoms with Crippen molar-refractivity contribution >= 4 is 15.9 Å². The molecule has 0 aliphatic heterocycles. The Balaban J connectivity index is 2.82. The van der Waals surface area contributed by atoms with E-state index >= 15 is 0 Å². The molecule has 0 bridgehead atoms. The minimum Gasteiger partial charge on any atom is -0.480 e. The number of alkyl halides is 3. The third-order valence-corrected chi connectivity index (χ3v) is 2.42. The largest absolute Gasteiger partial charge is 0.480 e. The van der Waals surface area contributed by atoms with E-state index in [1.807, 2.05) is 0 Å². The quantitative estimate of drug-likeness (QED) is 0.798. The van der Waals surface area contributed by atoms with Crippen molar-refractivity contribution in [2.45, 2.75) is 19.2 Å². The van der Waals surface area contributed by atoms with Gasteiger partial charge in [0.2, 0.25) is 12.4 Å². The summed E-state index contributed by atoms with van der Waals surface area (Å²) in [5, 5.41) is 0. The van der Waals surface area contributed by atoms with Crippen molar-refractivity contribution in [2.75, 3.05) is 7.11 Å². The first-order chi connectivity index (χ1) is 7.34. The molecule has 0 unspecified atom stereocenters. The van der Waals surface area contributed by atoms with E-state index < -0.39 is 12.3 Å². The van der Waals surface area contributed by atoms with E-state index in [4.69, 9.17) is 9.57 Å². The van der Waals surface area contributed by atoms with Gasteiger partial charge in [0.1, 0.15) is 17.3 Å². The summed E-state index contributed by atoms with van der Waals surface area (Å²) in [4.78, 5) is 4.83. The van der Waals surface area contributed by atoms with Crippen LogP contribution >= 0.6 is 15.9 Å². The summed E-state index contributed by atoms with van der Waals surface area (Å²) >= 11 is 3.09. The molecule has 3 nitrogen and oxygen atoms in total. The molecule has 0 radical (unpaired) electrons. The Hall–Kier alpha value is -0.980. The maximum atomic E-state index is 12.2. The van der Waals surface area contributed by atoms with Gasteiger partial charge in [-0.1, -0.05) is 0 Å². The highest BCUT2D eigenvalue weighted by molar-refractivity contribution is 9.10. The molecule has 1 atom stereocenters. The smallest absolute Gasteiger partial charge is 0.425 e. The maximum absolute atomic E-state index is 12.2. The van der Waals surface area contributed by atoms with E-state index in [1.54, 1.807) is 0 Å². The number of nitrogens with zero attached hydrogens (tertiary/aromatic N) is 1. The zero-order chi connectivity index (χ0) is 12.3. The lowest BCUT2D eigenvalue weighted by Crippen LogP contribution is -2.39. The molecule has 1 heterocycles. The Bertz CT molecular complexity index is 370. The zero-order valence-corrected chi connectivity index (χ0v) is 10.2. The lowest BCUT2D eigenvalue weighted by molar-refractivity contribution is -0.886. The van der Waals surface area contributed by atoms with Gasteiger partial charge in [0.25, 0.3) is 0 Å². The highest BCUT2D eigenvalue weighted by Gasteiger charge is 2.38. The molecule has 16 heavy (non-hydrogen) atoms. The van der Waals surface area contributed by atoms with E-state index in [0.717, 1.165) is 6.92 Å². The van der Waals surface area contributed by atoms with Gasteiger partial charge in [-0.2, -0.15) is 13.2 Å². The molecule has 0 N–H and O–H groups in total. The summed E-state index contributed by atoms with van der Waals surface area (Å²) in [6.07, 6.45) is -3.34. The Morgan fingerprint density at radius 3 is 2.50 bits per heavy atom. The normalized spacial score (nSPS) is 13.4. The minimum absolute atomic E-state index is 0.109. The van der Waals surface area contributed by atoms with Crippen LogP contribution in [0, 0.1) is 0 Å². The summed E-state index contributed by atoms with van der Waals surface area (Å²) in [5.41, 5.74) is 0. The summed E-state index contributed by atoms with van der Waals surface area (Å²) in [6.45, 7) is 0.948. The van der Waals surface area contributed by atoms with Gasteiger partial charge >= 0.3 is 6.18 Å². The van der Waals surface area contributed by atoms with Gasteiger partial charge in [0.15, 0.2) is 6.10 Å². The van der Waals surface area contributed by atoms with E-state index in [-0.39, 0.29) is 5.75 Å². The number of halogens is 4. The highest BCUT2D eigenvalue weighted by Crippen LogP contribution is 2.28. The van der Waals surface area contributed by atoms with E-state index in [1.165, 1.54) is 30.3 Å². The zero-order valence-electron chi connectivity index (χ0n) is 8.58. The molecule has 0 saturated heterocycles. The summed E-state index contributed by atoms with van der Waals surface area (Å²) in [5.74, 6) is 0.109. The summed E-state index contributed by atoms with van der Waals surface area (Å²) in [7, 11) is 1.44. The number of hydrogen-bond donors (Lipinski definition) is 0. The second-order valence-electron chi connectivity index (χ2n) is 3.00. The molecule has 0 fully saturated rings. The molecular formula is C9H10BrF3NO2+. The summed E-state index contributed by atoms with van der Waals surface area (Å²) in [6, 6.07) is 1.38. The van der Waals surface area contributed by atoms with Crippen LogP contribution in [0.1, 0.15) is 6.92 Å². The fourth-order valence-corrected chi connectivity index (χ4v) is 1.33. The van der Waals surface area contributed by atoms with Crippen LogP contribution in [0.25, 0.3) is 0 Å². The molecule has 7 heteroatoms. The molecule has 0 amide bonds. The lowest BCUT2D eigenvalue weighted by Gasteiger charge is -2.17. The van der Waals surface area contributed by atoms with Gasteiger partial charge in [0.05, 0.1) is 6.07 Å². The average molecular weight is 301 g/mol. The van der Waals surface area contributed by atoms with Crippen molar-refractivity contribution in [3.63, 3.8) is 0 Å². The molecule has 0 aliphatic rings. The van der Waals surface area contributed by atoms with Crippen LogP contribution < -0.4 is 14.3 Å². The second kappa shape index (κ2) is 4.90. The molecule has 1 rings (SSSR count). The molecule has 0 aromatic carbocycles. The van der Waals surface area contributed by atoms with Gasteiger partial charge in [-0.15, -0.1) is 0 Å². The van der Waals surface area contributed by atoms with Crippen LogP contribution in [0.5, 0.6) is 5.75 Å². The van der Waals surface area contributed by atoms with Crippen LogP contribution in [0.15, 0.2) is 22.9 Å². The Kier molecular flexibility index (Phi) is 4.01. The first kappa shape index (κ1) is 13.1.